The van der Waals surface area contributed by atoms with Crippen molar-refractivity contribution in [2.24, 2.45) is 0 Å². The van der Waals surface area contributed by atoms with Crippen molar-refractivity contribution in [1.82, 2.24) is 15.5 Å². The van der Waals surface area contributed by atoms with Crippen molar-refractivity contribution in [3.05, 3.63) is 41.5 Å². The van der Waals surface area contributed by atoms with Gasteiger partial charge in [0.1, 0.15) is 0 Å². The highest BCUT2D eigenvalue weighted by atomic mass is 32.2. The van der Waals surface area contributed by atoms with Crippen LogP contribution in [0.25, 0.3) is 0 Å². The Balaban J connectivity index is 1.95. The summed E-state index contributed by atoms with van der Waals surface area (Å²) in [5.41, 5.74) is 0.654. The van der Waals surface area contributed by atoms with E-state index in [0.29, 0.717) is 36.2 Å². The molecule has 1 aromatic carbocycles. The summed E-state index contributed by atoms with van der Waals surface area (Å²) in [6.07, 6.45) is 0.790. The van der Waals surface area contributed by atoms with E-state index in [9.17, 15) is 4.79 Å². The lowest BCUT2D eigenvalue weighted by atomic mass is 10.2. The summed E-state index contributed by atoms with van der Waals surface area (Å²) >= 11 is 1.50. The zero-order chi connectivity index (χ0) is 15.8. The second kappa shape index (κ2) is 8.55. The van der Waals surface area contributed by atoms with Gasteiger partial charge in [0.05, 0.1) is 11.3 Å². The van der Waals surface area contributed by atoms with Gasteiger partial charge in [0.25, 0.3) is 5.91 Å². The molecule has 6 nitrogen and oxygen atoms in total. The minimum absolute atomic E-state index is 0.0825. The number of hydrogen-bond acceptors (Lipinski definition) is 6. The largest absolute Gasteiger partial charge is 0.385 e. The third-order valence-electron chi connectivity index (χ3n) is 2.86. The number of carbonyl (C=O) groups excluding carboxylic acids is 1. The second-order valence-electron chi connectivity index (χ2n) is 4.62. The smallest absolute Gasteiger partial charge is 0.252 e. The SMILES string of the molecule is COCCCNC(=O)c1ccccc1SCc1nc(C)no1. The van der Waals surface area contributed by atoms with Crippen molar-refractivity contribution in [2.45, 2.75) is 24.0 Å². The van der Waals surface area contributed by atoms with Crippen LogP contribution in [0.1, 0.15) is 28.5 Å². The molecule has 2 rings (SSSR count). The van der Waals surface area contributed by atoms with Crippen molar-refractivity contribution >= 4 is 17.7 Å². The van der Waals surface area contributed by atoms with E-state index in [-0.39, 0.29) is 5.91 Å². The van der Waals surface area contributed by atoms with Crippen LogP contribution in [-0.4, -0.2) is 36.3 Å². The molecule has 2 aromatic rings. The van der Waals surface area contributed by atoms with Crippen molar-refractivity contribution in [2.75, 3.05) is 20.3 Å². The van der Waals surface area contributed by atoms with Gasteiger partial charge in [-0.3, -0.25) is 4.79 Å². The van der Waals surface area contributed by atoms with Crippen LogP contribution in [0.5, 0.6) is 0 Å². The zero-order valence-electron chi connectivity index (χ0n) is 12.7. The van der Waals surface area contributed by atoms with Gasteiger partial charge < -0.3 is 14.6 Å². The number of aromatic nitrogens is 2. The zero-order valence-corrected chi connectivity index (χ0v) is 13.5. The molecule has 0 saturated heterocycles. The molecule has 0 bridgehead atoms. The maximum Gasteiger partial charge on any atom is 0.252 e. The summed E-state index contributed by atoms with van der Waals surface area (Å²) in [7, 11) is 1.65. The first-order valence-electron chi connectivity index (χ1n) is 6.99. The van der Waals surface area contributed by atoms with Gasteiger partial charge in [-0.25, -0.2) is 0 Å². The third-order valence-corrected chi connectivity index (χ3v) is 3.92. The number of benzene rings is 1. The van der Waals surface area contributed by atoms with Crippen LogP contribution < -0.4 is 5.32 Å². The molecule has 0 aliphatic rings. The fraction of sp³-hybridized carbons (Fsp3) is 0.400. The van der Waals surface area contributed by atoms with Crippen LogP contribution in [0.2, 0.25) is 0 Å². The minimum atomic E-state index is -0.0825. The molecule has 0 spiro atoms. The normalized spacial score (nSPS) is 10.6. The van der Waals surface area contributed by atoms with Crippen LogP contribution >= 0.6 is 11.8 Å². The van der Waals surface area contributed by atoms with Gasteiger partial charge in [-0.2, -0.15) is 4.98 Å². The molecule has 0 saturated carbocycles. The predicted molar refractivity (Wildman–Crippen MR) is 83.9 cm³/mol. The number of aryl methyl sites for hydroxylation is 1. The monoisotopic (exact) mass is 321 g/mol. The third kappa shape index (κ3) is 4.85. The molecule has 0 aliphatic carbocycles. The molecule has 1 aromatic heterocycles. The lowest BCUT2D eigenvalue weighted by molar-refractivity contribution is 0.0945. The van der Waals surface area contributed by atoms with Crippen LogP contribution in [0.4, 0.5) is 0 Å². The summed E-state index contributed by atoms with van der Waals surface area (Å²) < 4.78 is 10.0. The molecule has 22 heavy (non-hydrogen) atoms. The number of rotatable bonds is 8. The predicted octanol–water partition coefficient (Wildman–Crippen LogP) is 2.44. The molecule has 0 radical (unpaired) electrons. The standard InChI is InChI=1S/C15H19N3O3S/c1-11-17-14(21-18-11)10-22-13-7-4-3-6-12(13)15(19)16-8-5-9-20-2/h3-4,6-7H,5,8-10H2,1-2H3,(H,16,19). The summed E-state index contributed by atoms with van der Waals surface area (Å²) in [4.78, 5) is 17.3. The number of amides is 1. The molecule has 1 amide bonds. The van der Waals surface area contributed by atoms with Gasteiger partial charge in [0.15, 0.2) is 5.82 Å². The van der Waals surface area contributed by atoms with E-state index < -0.39 is 0 Å². The summed E-state index contributed by atoms with van der Waals surface area (Å²) in [5, 5.41) is 6.65. The van der Waals surface area contributed by atoms with E-state index in [1.54, 1.807) is 14.0 Å². The van der Waals surface area contributed by atoms with Crippen LogP contribution in [0.15, 0.2) is 33.7 Å². The van der Waals surface area contributed by atoms with Gasteiger partial charge in [-0.15, -0.1) is 11.8 Å². The first kappa shape index (κ1) is 16.5. The van der Waals surface area contributed by atoms with Crippen molar-refractivity contribution in [3.63, 3.8) is 0 Å². The molecular weight excluding hydrogens is 302 g/mol. The lowest BCUT2D eigenvalue weighted by Gasteiger charge is -2.09. The van der Waals surface area contributed by atoms with E-state index in [1.807, 2.05) is 24.3 Å². The molecule has 0 fully saturated rings. The van der Waals surface area contributed by atoms with Crippen LogP contribution in [0, 0.1) is 6.92 Å². The average Bonchev–Trinajstić information content (AvgIpc) is 2.95. The molecule has 0 atom stereocenters. The topological polar surface area (TPSA) is 77.2 Å². The Bertz CT molecular complexity index is 616. The Kier molecular flexibility index (Phi) is 6.42. The van der Waals surface area contributed by atoms with Gasteiger partial charge in [0.2, 0.25) is 5.89 Å². The number of thioether (sulfide) groups is 1. The van der Waals surface area contributed by atoms with Crippen molar-refractivity contribution < 1.29 is 14.1 Å². The Labute approximate surface area is 133 Å². The van der Waals surface area contributed by atoms with Crippen LogP contribution in [0.3, 0.4) is 0 Å². The maximum atomic E-state index is 12.2. The average molecular weight is 321 g/mol. The van der Waals surface area contributed by atoms with Gasteiger partial charge in [-0.05, 0) is 25.5 Å². The highest BCUT2D eigenvalue weighted by Crippen LogP contribution is 2.25. The number of nitrogens with one attached hydrogen (secondary N) is 1. The van der Waals surface area contributed by atoms with E-state index in [0.717, 1.165) is 11.3 Å². The molecule has 1 N–H and O–H groups in total. The van der Waals surface area contributed by atoms with E-state index in [2.05, 4.69) is 15.5 Å². The summed E-state index contributed by atoms with van der Waals surface area (Å²) in [6, 6.07) is 7.49. The fourth-order valence-electron chi connectivity index (χ4n) is 1.83. The molecular formula is C15H19N3O3S. The number of hydrogen-bond donors (Lipinski definition) is 1. The summed E-state index contributed by atoms with van der Waals surface area (Å²) in [6.45, 7) is 3.00. The quantitative estimate of drug-likeness (QED) is 0.594. The molecule has 1 heterocycles. The van der Waals surface area contributed by atoms with E-state index in [1.165, 1.54) is 11.8 Å². The van der Waals surface area contributed by atoms with E-state index >= 15 is 0 Å². The molecule has 118 valence electrons. The Morgan fingerprint density at radius 1 is 1.41 bits per heavy atom. The van der Waals surface area contributed by atoms with Gasteiger partial charge in [0, 0.05) is 25.2 Å². The highest BCUT2D eigenvalue weighted by molar-refractivity contribution is 7.98. The Hall–Kier alpha value is -1.86. The molecule has 0 aliphatic heterocycles. The van der Waals surface area contributed by atoms with Gasteiger partial charge in [-0.1, -0.05) is 17.3 Å². The van der Waals surface area contributed by atoms with E-state index in [4.69, 9.17) is 9.26 Å². The first-order chi connectivity index (χ1) is 10.7. The highest BCUT2D eigenvalue weighted by Gasteiger charge is 2.12. The lowest BCUT2D eigenvalue weighted by Crippen LogP contribution is -2.25. The second-order valence-corrected chi connectivity index (χ2v) is 5.64. The minimum Gasteiger partial charge on any atom is -0.385 e. The molecule has 7 heteroatoms. The Morgan fingerprint density at radius 3 is 2.95 bits per heavy atom. The van der Waals surface area contributed by atoms with Crippen LogP contribution in [-0.2, 0) is 10.5 Å². The number of ether oxygens (including phenoxy) is 1. The number of nitrogens with zero attached hydrogens (tertiary/aromatic N) is 2. The van der Waals surface area contributed by atoms with Crippen molar-refractivity contribution in [3.8, 4) is 0 Å². The maximum absolute atomic E-state index is 12.2. The Morgan fingerprint density at radius 2 is 2.23 bits per heavy atom. The number of methoxy groups -OCH3 is 1. The van der Waals surface area contributed by atoms with Gasteiger partial charge >= 0.3 is 0 Å². The summed E-state index contributed by atoms with van der Waals surface area (Å²) in [5.74, 6) is 1.62. The fourth-order valence-corrected chi connectivity index (χ4v) is 2.72. The van der Waals surface area contributed by atoms with Crippen molar-refractivity contribution in [1.29, 1.82) is 0 Å². The molecule has 0 unspecified atom stereocenters. The number of carbonyl (C=O) groups is 1. The first-order valence-corrected chi connectivity index (χ1v) is 7.97.